The van der Waals surface area contributed by atoms with Crippen LogP contribution in [-0.4, -0.2) is 35.4 Å². The van der Waals surface area contributed by atoms with Crippen molar-refractivity contribution in [2.24, 2.45) is 0 Å². The second-order valence-electron chi connectivity index (χ2n) is 6.55. The smallest absolute Gasteiger partial charge is 0.229 e. The molecule has 0 amide bonds. The minimum Gasteiger partial charge on any atom is -0.345 e. The zero-order valence-corrected chi connectivity index (χ0v) is 16.3. The number of nitrogens with one attached hydrogen (secondary N) is 2. The molecule has 0 saturated carbocycles. The van der Waals surface area contributed by atoms with E-state index in [-0.39, 0.29) is 5.56 Å². The molecule has 3 heterocycles. The van der Waals surface area contributed by atoms with Crippen molar-refractivity contribution in [1.82, 2.24) is 15.0 Å². The summed E-state index contributed by atoms with van der Waals surface area (Å²) in [5.74, 6) is -3.35. The zero-order chi connectivity index (χ0) is 21.5. The number of hydrogen-bond donors (Lipinski definition) is 2. The number of H-pyrrole nitrogens is 1. The Morgan fingerprint density at radius 2 is 1.93 bits per heavy atom. The maximum Gasteiger partial charge on any atom is 0.229 e. The van der Waals surface area contributed by atoms with Gasteiger partial charge in [0.15, 0.2) is 5.82 Å². The van der Waals surface area contributed by atoms with Gasteiger partial charge in [-0.15, -0.1) is 0 Å². The molecule has 10 heteroatoms. The Balaban J connectivity index is 1.83. The Labute approximate surface area is 169 Å². The molecule has 0 aliphatic heterocycles. The van der Waals surface area contributed by atoms with Crippen molar-refractivity contribution in [3.63, 3.8) is 0 Å². The number of sulfonamides is 1. The summed E-state index contributed by atoms with van der Waals surface area (Å²) < 4.78 is 54.0. The monoisotopic (exact) mass is 428 g/mol. The lowest BCUT2D eigenvalue weighted by atomic mass is 10.00. The van der Waals surface area contributed by atoms with Crippen LogP contribution in [0, 0.1) is 11.6 Å². The number of fused-ring (bicyclic) bond motifs is 1. The van der Waals surface area contributed by atoms with Crippen LogP contribution in [0.1, 0.15) is 15.9 Å². The number of benzene rings is 1. The molecular weight excluding hydrogens is 414 g/mol. The van der Waals surface area contributed by atoms with Crippen molar-refractivity contribution in [2.75, 3.05) is 11.0 Å². The number of halogens is 2. The summed E-state index contributed by atoms with van der Waals surface area (Å²) in [4.78, 5) is 24.1. The molecule has 0 aliphatic carbocycles. The molecule has 0 aliphatic rings. The first-order chi connectivity index (χ1) is 14.2. The van der Waals surface area contributed by atoms with E-state index in [9.17, 15) is 22.0 Å². The van der Waals surface area contributed by atoms with Crippen LogP contribution >= 0.6 is 0 Å². The van der Waals surface area contributed by atoms with E-state index in [1.807, 2.05) is 10.8 Å². The normalized spacial score (nSPS) is 11.6. The van der Waals surface area contributed by atoms with Gasteiger partial charge in [-0.1, -0.05) is 6.07 Å². The fraction of sp³-hybridized carbons (Fsp3) is 0.0500. The van der Waals surface area contributed by atoms with Gasteiger partial charge >= 0.3 is 0 Å². The first-order valence-corrected chi connectivity index (χ1v) is 10.5. The van der Waals surface area contributed by atoms with E-state index >= 15 is 0 Å². The second kappa shape index (κ2) is 7.30. The van der Waals surface area contributed by atoms with Gasteiger partial charge in [0.25, 0.3) is 0 Å². The molecule has 152 valence electrons. The molecule has 2 N–H and O–H groups in total. The second-order valence-corrected chi connectivity index (χ2v) is 8.30. The number of aromatic nitrogens is 3. The molecule has 7 nitrogen and oxygen atoms in total. The Kier molecular flexibility index (Phi) is 4.78. The number of aromatic amines is 1. The van der Waals surface area contributed by atoms with Crippen LogP contribution in [0.2, 0.25) is 0 Å². The largest absolute Gasteiger partial charge is 0.345 e. The average molecular weight is 428 g/mol. The topological polar surface area (TPSA) is 105 Å². The predicted octanol–water partition coefficient (Wildman–Crippen LogP) is 3.51. The molecule has 1 aromatic carbocycles. The molecule has 0 radical (unpaired) electrons. The van der Waals surface area contributed by atoms with Crippen LogP contribution in [0.5, 0.6) is 0 Å². The van der Waals surface area contributed by atoms with Gasteiger partial charge in [-0.2, -0.15) is 0 Å². The van der Waals surface area contributed by atoms with Crippen molar-refractivity contribution in [1.29, 1.82) is 0 Å². The Morgan fingerprint density at radius 1 is 1.13 bits per heavy atom. The number of pyridine rings is 2. The van der Waals surface area contributed by atoms with E-state index in [2.05, 4.69) is 15.0 Å². The van der Waals surface area contributed by atoms with Gasteiger partial charge < -0.3 is 4.98 Å². The highest BCUT2D eigenvalue weighted by Gasteiger charge is 2.25. The van der Waals surface area contributed by atoms with Gasteiger partial charge in [0.05, 0.1) is 17.5 Å². The maximum atomic E-state index is 14.8. The third-order valence-corrected chi connectivity index (χ3v) is 4.97. The highest BCUT2D eigenvalue weighted by molar-refractivity contribution is 7.92. The molecule has 0 unspecified atom stereocenters. The molecule has 4 aromatic rings. The fourth-order valence-electron chi connectivity index (χ4n) is 3.06. The minimum absolute atomic E-state index is 0.00227. The van der Waals surface area contributed by atoms with Crippen molar-refractivity contribution >= 4 is 32.5 Å². The van der Waals surface area contributed by atoms with Crippen molar-refractivity contribution in [2.45, 2.75) is 0 Å². The average Bonchev–Trinajstić information content (AvgIpc) is 3.13. The van der Waals surface area contributed by atoms with Gasteiger partial charge in [0.2, 0.25) is 15.8 Å². The first kappa shape index (κ1) is 19.6. The molecule has 0 fully saturated rings. The van der Waals surface area contributed by atoms with E-state index < -0.39 is 38.7 Å². The van der Waals surface area contributed by atoms with Crippen molar-refractivity contribution in [3.8, 4) is 11.1 Å². The SMILES string of the molecule is CS(=O)(=O)Nc1ccc(F)c(C(=O)c2c[nH]c3ncc(-c4cccnc4)cc23)c1F. The lowest BCUT2D eigenvalue weighted by Gasteiger charge is -2.10. The van der Waals surface area contributed by atoms with Crippen molar-refractivity contribution in [3.05, 3.63) is 77.9 Å². The van der Waals surface area contributed by atoms with Gasteiger partial charge in [-0.05, 0) is 24.3 Å². The summed E-state index contributed by atoms with van der Waals surface area (Å²) in [5, 5.41) is 0.363. The van der Waals surface area contributed by atoms with Gasteiger partial charge in [-0.3, -0.25) is 14.5 Å². The number of rotatable bonds is 5. The minimum atomic E-state index is -3.83. The Bertz CT molecular complexity index is 1390. The molecule has 0 atom stereocenters. The van der Waals surface area contributed by atoms with Crippen molar-refractivity contribution < 1.29 is 22.0 Å². The molecule has 4 rings (SSSR count). The number of anilines is 1. The van der Waals surface area contributed by atoms with E-state index in [1.165, 1.54) is 6.20 Å². The third kappa shape index (κ3) is 3.64. The lowest BCUT2D eigenvalue weighted by molar-refractivity contribution is 0.103. The van der Waals surface area contributed by atoms with E-state index in [0.717, 1.165) is 24.0 Å². The lowest BCUT2D eigenvalue weighted by Crippen LogP contribution is -2.14. The van der Waals surface area contributed by atoms with Crippen LogP contribution in [0.3, 0.4) is 0 Å². The quantitative estimate of drug-likeness (QED) is 0.474. The highest BCUT2D eigenvalue weighted by Crippen LogP contribution is 2.29. The standard InChI is InChI=1S/C20H14F2N4O3S/c1-30(28,29)26-16-5-4-15(21)17(18(16)22)19(27)14-10-25-20-13(14)7-12(9-24-20)11-3-2-6-23-8-11/h2-10,26H,1H3,(H,24,25). The van der Waals surface area contributed by atoms with Crippen LogP contribution in [0.4, 0.5) is 14.5 Å². The van der Waals surface area contributed by atoms with E-state index in [4.69, 9.17) is 0 Å². The van der Waals surface area contributed by atoms with Gasteiger partial charge in [-0.25, -0.2) is 22.2 Å². The summed E-state index contributed by atoms with van der Waals surface area (Å²) in [7, 11) is -3.83. The fourth-order valence-corrected chi connectivity index (χ4v) is 3.61. The van der Waals surface area contributed by atoms with Crippen LogP contribution < -0.4 is 4.72 Å². The summed E-state index contributed by atoms with van der Waals surface area (Å²) in [6.07, 6.45) is 6.95. The number of ketones is 1. The molecule has 3 aromatic heterocycles. The molecule has 30 heavy (non-hydrogen) atoms. The zero-order valence-electron chi connectivity index (χ0n) is 15.5. The predicted molar refractivity (Wildman–Crippen MR) is 108 cm³/mol. The van der Waals surface area contributed by atoms with Crippen LogP contribution in [0.15, 0.2) is 55.1 Å². The Morgan fingerprint density at radius 3 is 2.63 bits per heavy atom. The van der Waals surface area contributed by atoms with Crippen LogP contribution in [0.25, 0.3) is 22.2 Å². The summed E-state index contributed by atoms with van der Waals surface area (Å²) in [6, 6.07) is 6.96. The summed E-state index contributed by atoms with van der Waals surface area (Å²) in [6.45, 7) is 0. The molecule has 0 saturated heterocycles. The number of carbonyl (C=O) groups excluding carboxylic acids is 1. The van der Waals surface area contributed by atoms with E-state index in [1.54, 1.807) is 30.7 Å². The Hall–Kier alpha value is -3.66. The number of hydrogen-bond acceptors (Lipinski definition) is 5. The van der Waals surface area contributed by atoms with Gasteiger partial charge in [0, 0.05) is 46.9 Å². The molecular formula is C20H14F2N4O3S. The summed E-state index contributed by atoms with van der Waals surface area (Å²) in [5.41, 5.74) is 0.392. The van der Waals surface area contributed by atoms with Crippen LogP contribution in [-0.2, 0) is 10.0 Å². The number of carbonyl (C=O) groups is 1. The maximum absolute atomic E-state index is 14.8. The number of nitrogens with zero attached hydrogens (tertiary/aromatic N) is 2. The molecule has 0 bridgehead atoms. The summed E-state index contributed by atoms with van der Waals surface area (Å²) >= 11 is 0. The van der Waals surface area contributed by atoms with E-state index in [0.29, 0.717) is 16.6 Å². The first-order valence-electron chi connectivity index (χ1n) is 8.62. The highest BCUT2D eigenvalue weighted by atomic mass is 32.2. The molecule has 0 spiro atoms. The van der Waals surface area contributed by atoms with Gasteiger partial charge in [0.1, 0.15) is 11.5 Å². The third-order valence-electron chi connectivity index (χ3n) is 4.38.